The van der Waals surface area contributed by atoms with Crippen LogP contribution < -0.4 is 5.32 Å². The van der Waals surface area contributed by atoms with E-state index in [9.17, 15) is 9.59 Å². The van der Waals surface area contributed by atoms with Gasteiger partial charge in [0.1, 0.15) is 4.32 Å². The van der Waals surface area contributed by atoms with Crippen LogP contribution >= 0.6 is 24.0 Å². The third-order valence-electron chi connectivity index (χ3n) is 4.92. The lowest BCUT2D eigenvalue weighted by Gasteiger charge is -2.14. The molecule has 0 spiro atoms. The average Bonchev–Trinajstić information content (AvgIpc) is 3.02. The molecular weight excluding hydrogens is 412 g/mol. The Balaban J connectivity index is 1.43. The van der Waals surface area contributed by atoms with Crippen LogP contribution in [0.5, 0.6) is 0 Å². The molecule has 0 aliphatic carbocycles. The number of thiocarbonyl (C=S) groups is 1. The van der Waals surface area contributed by atoms with Gasteiger partial charge in [-0.15, -0.1) is 0 Å². The van der Waals surface area contributed by atoms with E-state index in [4.69, 9.17) is 12.2 Å². The molecule has 0 radical (unpaired) electrons. The highest BCUT2D eigenvalue weighted by Gasteiger charge is 2.31. The van der Waals surface area contributed by atoms with E-state index in [1.54, 1.807) is 4.90 Å². The zero-order chi connectivity index (χ0) is 21.3. The van der Waals surface area contributed by atoms with Gasteiger partial charge in [0.05, 0.1) is 4.91 Å². The van der Waals surface area contributed by atoms with Crippen LogP contribution in [0.4, 0.5) is 0 Å². The Morgan fingerprint density at radius 3 is 2.53 bits per heavy atom. The van der Waals surface area contributed by atoms with Crippen molar-refractivity contribution in [2.75, 3.05) is 13.1 Å². The summed E-state index contributed by atoms with van der Waals surface area (Å²) in [6.07, 6.45) is 4.65. The molecule has 6 heteroatoms. The number of amides is 2. The molecule has 1 aliphatic heterocycles. The van der Waals surface area contributed by atoms with Crippen molar-refractivity contribution >= 4 is 46.2 Å². The fourth-order valence-electron chi connectivity index (χ4n) is 3.17. The van der Waals surface area contributed by atoms with Gasteiger partial charge in [0, 0.05) is 19.5 Å². The fraction of sp³-hybridized carbons (Fsp3) is 0.292. The smallest absolute Gasteiger partial charge is 0.266 e. The van der Waals surface area contributed by atoms with Gasteiger partial charge in [-0.1, -0.05) is 85.5 Å². The lowest BCUT2D eigenvalue weighted by Crippen LogP contribution is -2.31. The normalized spacial score (nSPS) is 15.1. The maximum atomic E-state index is 12.7. The molecule has 1 N–H and O–H groups in total. The molecule has 2 aromatic rings. The highest BCUT2D eigenvalue weighted by Crippen LogP contribution is 2.32. The summed E-state index contributed by atoms with van der Waals surface area (Å²) < 4.78 is 0.556. The summed E-state index contributed by atoms with van der Waals surface area (Å²) in [4.78, 5) is 27.0. The quantitative estimate of drug-likeness (QED) is 0.460. The predicted molar refractivity (Wildman–Crippen MR) is 128 cm³/mol. The van der Waals surface area contributed by atoms with Crippen molar-refractivity contribution in [1.82, 2.24) is 10.2 Å². The van der Waals surface area contributed by atoms with E-state index in [0.717, 1.165) is 18.4 Å². The Morgan fingerprint density at radius 1 is 1.10 bits per heavy atom. The van der Waals surface area contributed by atoms with Crippen molar-refractivity contribution in [3.63, 3.8) is 0 Å². The van der Waals surface area contributed by atoms with Gasteiger partial charge >= 0.3 is 0 Å². The van der Waals surface area contributed by atoms with Crippen LogP contribution in [0.3, 0.4) is 0 Å². The van der Waals surface area contributed by atoms with Crippen LogP contribution in [0.1, 0.15) is 36.5 Å². The first kappa shape index (κ1) is 22.2. The number of carbonyl (C=O) groups is 2. The van der Waals surface area contributed by atoms with Crippen molar-refractivity contribution in [3.8, 4) is 0 Å². The number of carbonyl (C=O) groups excluding carboxylic acids is 2. The zero-order valence-electron chi connectivity index (χ0n) is 17.1. The Bertz CT molecular complexity index is 924. The number of hydrogen-bond acceptors (Lipinski definition) is 4. The highest BCUT2D eigenvalue weighted by molar-refractivity contribution is 8.26. The van der Waals surface area contributed by atoms with Crippen LogP contribution in [-0.4, -0.2) is 34.1 Å². The molecule has 1 heterocycles. The van der Waals surface area contributed by atoms with E-state index in [-0.39, 0.29) is 11.8 Å². The standard InChI is InChI=1S/C24H26N2O2S2/c1-2-18-10-12-20(13-11-18)17-21-23(28)26(24(29)30-21)16-6-9-22(27)25-15-14-19-7-4-3-5-8-19/h3-5,7-8,10-13,17H,2,6,9,14-16H2,1H3,(H,25,27). The number of nitrogens with one attached hydrogen (secondary N) is 1. The van der Waals surface area contributed by atoms with Crippen LogP contribution in [0.25, 0.3) is 6.08 Å². The number of benzene rings is 2. The summed E-state index contributed by atoms with van der Waals surface area (Å²) in [5.74, 6) is -0.0722. The van der Waals surface area contributed by atoms with E-state index >= 15 is 0 Å². The fourth-order valence-corrected chi connectivity index (χ4v) is 4.48. The summed E-state index contributed by atoms with van der Waals surface area (Å²) in [5.41, 5.74) is 3.46. The molecule has 1 fully saturated rings. The van der Waals surface area contributed by atoms with Gasteiger partial charge in [-0.25, -0.2) is 0 Å². The number of aryl methyl sites for hydroxylation is 1. The summed E-state index contributed by atoms with van der Waals surface area (Å²) in [5, 5.41) is 2.94. The lowest BCUT2D eigenvalue weighted by atomic mass is 10.1. The molecule has 1 aliphatic rings. The Morgan fingerprint density at radius 2 is 1.83 bits per heavy atom. The summed E-state index contributed by atoms with van der Waals surface area (Å²) >= 11 is 6.71. The Hall–Kier alpha value is -2.44. The van der Waals surface area contributed by atoms with E-state index in [1.165, 1.54) is 22.9 Å². The molecule has 1 saturated heterocycles. The first-order valence-corrected chi connectivity index (χ1v) is 11.4. The molecule has 0 saturated carbocycles. The minimum absolute atomic E-state index is 0.00271. The maximum Gasteiger partial charge on any atom is 0.266 e. The Labute approximate surface area is 187 Å². The second-order valence-electron chi connectivity index (χ2n) is 7.12. The number of nitrogens with zero attached hydrogens (tertiary/aromatic N) is 1. The maximum absolute atomic E-state index is 12.7. The molecule has 3 rings (SSSR count). The molecule has 0 bridgehead atoms. The van der Waals surface area contributed by atoms with Crippen LogP contribution in [0.15, 0.2) is 59.5 Å². The molecule has 4 nitrogen and oxygen atoms in total. The monoisotopic (exact) mass is 438 g/mol. The number of thioether (sulfide) groups is 1. The van der Waals surface area contributed by atoms with Gasteiger partial charge in [0.25, 0.3) is 5.91 Å². The van der Waals surface area contributed by atoms with E-state index in [1.807, 2.05) is 48.5 Å². The van der Waals surface area contributed by atoms with Crippen molar-refractivity contribution < 1.29 is 9.59 Å². The van der Waals surface area contributed by atoms with Crippen LogP contribution in [0, 0.1) is 0 Å². The van der Waals surface area contributed by atoms with Crippen LogP contribution in [-0.2, 0) is 22.4 Å². The molecular formula is C24H26N2O2S2. The molecule has 0 aromatic heterocycles. The van der Waals surface area contributed by atoms with E-state index < -0.39 is 0 Å². The number of rotatable bonds is 9. The summed E-state index contributed by atoms with van der Waals surface area (Å²) in [6, 6.07) is 18.2. The first-order valence-electron chi connectivity index (χ1n) is 10.2. The van der Waals surface area contributed by atoms with Gasteiger partial charge in [-0.3, -0.25) is 14.5 Å². The second kappa shape index (κ2) is 11.1. The molecule has 156 valence electrons. The van der Waals surface area contributed by atoms with Crippen molar-refractivity contribution in [2.45, 2.75) is 32.6 Å². The molecule has 0 atom stereocenters. The Kier molecular flexibility index (Phi) is 8.22. The topological polar surface area (TPSA) is 49.4 Å². The predicted octanol–water partition coefficient (Wildman–Crippen LogP) is 4.59. The lowest BCUT2D eigenvalue weighted by molar-refractivity contribution is -0.123. The van der Waals surface area contributed by atoms with Crippen molar-refractivity contribution in [3.05, 3.63) is 76.2 Å². The molecule has 2 aromatic carbocycles. The number of hydrogen-bond donors (Lipinski definition) is 1. The van der Waals surface area contributed by atoms with Crippen molar-refractivity contribution in [2.24, 2.45) is 0 Å². The largest absolute Gasteiger partial charge is 0.356 e. The van der Waals surface area contributed by atoms with Gasteiger partial charge in [0.15, 0.2) is 0 Å². The van der Waals surface area contributed by atoms with Crippen LogP contribution in [0.2, 0.25) is 0 Å². The van der Waals surface area contributed by atoms with E-state index in [2.05, 4.69) is 24.4 Å². The minimum atomic E-state index is -0.0750. The third-order valence-corrected chi connectivity index (χ3v) is 6.30. The van der Waals surface area contributed by atoms with E-state index in [0.29, 0.717) is 35.2 Å². The second-order valence-corrected chi connectivity index (χ2v) is 8.79. The third kappa shape index (κ3) is 6.28. The van der Waals surface area contributed by atoms with Gasteiger partial charge in [-0.05, 0) is 42.0 Å². The molecule has 0 unspecified atom stereocenters. The van der Waals surface area contributed by atoms with Crippen molar-refractivity contribution in [1.29, 1.82) is 0 Å². The zero-order valence-corrected chi connectivity index (χ0v) is 18.7. The summed E-state index contributed by atoms with van der Waals surface area (Å²) in [6.45, 7) is 3.19. The van der Waals surface area contributed by atoms with Gasteiger partial charge < -0.3 is 5.32 Å². The molecule has 30 heavy (non-hydrogen) atoms. The SMILES string of the molecule is CCc1ccc(C=C2SC(=S)N(CCCC(=O)NCCc3ccccc3)C2=O)cc1. The minimum Gasteiger partial charge on any atom is -0.356 e. The average molecular weight is 439 g/mol. The first-order chi connectivity index (χ1) is 14.6. The van der Waals surface area contributed by atoms with Gasteiger partial charge in [-0.2, -0.15) is 0 Å². The highest BCUT2D eigenvalue weighted by atomic mass is 32.2. The van der Waals surface area contributed by atoms with Gasteiger partial charge in [0.2, 0.25) is 5.91 Å². The molecule has 2 amide bonds. The summed E-state index contributed by atoms with van der Waals surface area (Å²) in [7, 11) is 0.